The van der Waals surface area contributed by atoms with Gasteiger partial charge < -0.3 is 14.5 Å². The van der Waals surface area contributed by atoms with Gasteiger partial charge in [0.15, 0.2) is 6.10 Å². The number of carbonyl (C=O) groups is 1. The number of ether oxygens (including phenoxy) is 1. The van der Waals surface area contributed by atoms with E-state index in [0.717, 1.165) is 17.0 Å². The van der Waals surface area contributed by atoms with E-state index in [1.807, 2.05) is 38.1 Å². The van der Waals surface area contributed by atoms with Crippen LogP contribution in [0.25, 0.3) is 0 Å². The lowest BCUT2D eigenvalue weighted by atomic mass is 10.0. The Labute approximate surface area is 125 Å². The number of hydrogen-bond acceptors (Lipinski definition) is 4. The second-order valence-corrected chi connectivity index (χ2v) is 5.57. The molecule has 0 bridgehead atoms. The number of amides is 1. The minimum absolute atomic E-state index is 0.00150. The number of nitrogens with zero attached hydrogens (tertiary/aromatic N) is 2. The molecule has 1 aromatic rings. The van der Waals surface area contributed by atoms with Crippen LogP contribution in [0.15, 0.2) is 29.4 Å². The lowest BCUT2D eigenvalue weighted by Crippen LogP contribution is -2.36. The molecular weight excluding hydrogens is 268 g/mol. The van der Waals surface area contributed by atoms with Gasteiger partial charge in [-0.2, -0.15) is 0 Å². The normalized spacial score (nSPS) is 17.4. The van der Waals surface area contributed by atoms with Crippen molar-refractivity contribution in [1.29, 1.82) is 0 Å². The average Bonchev–Trinajstić information content (AvgIpc) is 2.94. The van der Waals surface area contributed by atoms with Crippen molar-refractivity contribution in [3.8, 4) is 5.75 Å². The Morgan fingerprint density at radius 3 is 2.67 bits per heavy atom. The summed E-state index contributed by atoms with van der Waals surface area (Å²) in [6.45, 7) is 4.35. The van der Waals surface area contributed by atoms with Crippen LogP contribution in [0.2, 0.25) is 0 Å². The third-order valence-corrected chi connectivity index (χ3v) is 3.50. The first-order chi connectivity index (χ1) is 10.0. The highest BCUT2D eigenvalue weighted by atomic mass is 16.6. The summed E-state index contributed by atoms with van der Waals surface area (Å²) >= 11 is 0. The molecular formula is C16H22N2O3. The molecule has 0 radical (unpaired) electrons. The SMILES string of the molecule is COc1ccc(C2=NO[C@H](CN(C)C(=O)C(C)C)C2)cc1. The monoisotopic (exact) mass is 290 g/mol. The standard InChI is InChI=1S/C16H22N2O3/c1-11(2)16(19)18(3)10-14-9-15(17-21-14)12-5-7-13(20-4)8-6-12/h5-8,11,14H,9-10H2,1-4H3/t14-/m0/s1. The summed E-state index contributed by atoms with van der Waals surface area (Å²) in [6, 6.07) is 7.73. The van der Waals surface area contributed by atoms with Crippen LogP contribution in [0.5, 0.6) is 5.75 Å². The largest absolute Gasteiger partial charge is 0.497 e. The number of rotatable bonds is 5. The van der Waals surface area contributed by atoms with Crippen LogP contribution in [-0.4, -0.2) is 43.3 Å². The van der Waals surface area contributed by atoms with Crippen molar-refractivity contribution in [2.24, 2.45) is 11.1 Å². The highest BCUT2D eigenvalue weighted by Crippen LogP contribution is 2.20. The Hall–Kier alpha value is -2.04. The fourth-order valence-electron chi connectivity index (χ4n) is 2.32. The molecule has 2 rings (SSSR count). The van der Waals surface area contributed by atoms with Gasteiger partial charge in [-0.3, -0.25) is 4.79 Å². The van der Waals surface area contributed by atoms with E-state index in [0.29, 0.717) is 13.0 Å². The molecule has 1 atom stereocenters. The molecule has 5 heteroatoms. The van der Waals surface area contributed by atoms with Crippen molar-refractivity contribution in [3.63, 3.8) is 0 Å². The molecule has 1 heterocycles. The van der Waals surface area contributed by atoms with E-state index >= 15 is 0 Å². The second kappa shape index (κ2) is 6.61. The average molecular weight is 290 g/mol. The summed E-state index contributed by atoms with van der Waals surface area (Å²) in [7, 11) is 3.44. The smallest absolute Gasteiger partial charge is 0.224 e. The topological polar surface area (TPSA) is 51.1 Å². The van der Waals surface area contributed by atoms with Gasteiger partial charge in [-0.25, -0.2) is 0 Å². The van der Waals surface area contributed by atoms with Gasteiger partial charge in [-0.1, -0.05) is 19.0 Å². The summed E-state index contributed by atoms with van der Waals surface area (Å²) in [5.41, 5.74) is 1.93. The molecule has 1 aliphatic heterocycles. The van der Waals surface area contributed by atoms with Gasteiger partial charge in [0.1, 0.15) is 5.75 Å². The molecule has 0 aliphatic carbocycles. The van der Waals surface area contributed by atoms with Crippen molar-refractivity contribution in [2.45, 2.75) is 26.4 Å². The third kappa shape index (κ3) is 3.74. The fourth-order valence-corrected chi connectivity index (χ4v) is 2.32. The van der Waals surface area contributed by atoms with E-state index < -0.39 is 0 Å². The maximum absolute atomic E-state index is 11.9. The Balaban J connectivity index is 1.91. The molecule has 21 heavy (non-hydrogen) atoms. The van der Waals surface area contributed by atoms with Gasteiger partial charge in [-0.05, 0) is 29.8 Å². The van der Waals surface area contributed by atoms with E-state index in [4.69, 9.17) is 9.57 Å². The number of hydrogen-bond donors (Lipinski definition) is 0. The van der Waals surface area contributed by atoms with Crippen molar-refractivity contribution in [2.75, 3.05) is 20.7 Å². The summed E-state index contributed by atoms with van der Waals surface area (Å²) < 4.78 is 5.14. The van der Waals surface area contributed by atoms with Crippen molar-refractivity contribution < 1.29 is 14.4 Å². The lowest BCUT2D eigenvalue weighted by molar-refractivity contribution is -0.134. The van der Waals surface area contributed by atoms with Gasteiger partial charge in [0.2, 0.25) is 5.91 Å². The van der Waals surface area contributed by atoms with Gasteiger partial charge in [0.05, 0.1) is 19.4 Å². The van der Waals surface area contributed by atoms with Gasteiger partial charge >= 0.3 is 0 Å². The molecule has 0 saturated heterocycles. The molecule has 1 aromatic carbocycles. The van der Waals surface area contributed by atoms with Crippen LogP contribution < -0.4 is 4.74 Å². The summed E-state index contributed by atoms with van der Waals surface area (Å²) in [6.07, 6.45) is 0.636. The maximum Gasteiger partial charge on any atom is 0.224 e. The summed E-state index contributed by atoms with van der Waals surface area (Å²) in [5, 5.41) is 4.14. The molecule has 114 valence electrons. The zero-order valence-corrected chi connectivity index (χ0v) is 13.0. The van der Waals surface area contributed by atoms with Crippen LogP contribution >= 0.6 is 0 Å². The van der Waals surface area contributed by atoms with E-state index in [1.54, 1.807) is 19.1 Å². The molecule has 0 spiro atoms. The Morgan fingerprint density at radius 1 is 1.43 bits per heavy atom. The number of benzene rings is 1. The first-order valence-electron chi connectivity index (χ1n) is 7.13. The first-order valence-corrected chi connectivity index (χ1v) is 7.13. The van der Waals surface area contributed by atoms with E-state index in [9.17, 15) is 4.79 Å². The molecule has 0 unspecified atom stereocenters. The zero-order chi connectivity index (χ0) is 15.4. The number of carbonyl (C=O) groups excluding carboxylic acids is 1. The lowest BCUT2D eigenvalue weighted by Gasteiger charge is -2.21. The highest BCUT2D eigenvalue weighted by Gasteiger charge is 2.25. The number of likely N-dealkylation sites (N-methyl/N-ethyl adjacent to an activating group) is 1. The fraction of sp³-hybridized carbons (Fsp3) is 0.500. The minimum atomic E-state index is -0.0743. The van der Waals surface area contributed by atoms with Gasteiger partial charge in [-0.15, -0.1) is 0 Å². The first kappa shape index (κ1) is 15.4. The van der Waals surface area contributed by atoms with Crippen LogP contribution in [0.1, 0.15) is 25.8 Å². The van der Waals surface area contributed by atoms with E-state index in [1.165, 1.54) is 0 Å². The van der Waals surface area contributed by atoms with Gasteiger partial charge in [0, 0.05) is 19.4 Å². The molecule has 0 fully saturated rings. The zero-order valence-electron chi connectivity index (χ0n) is 13.0. The quantitative estimate of drug-likeness (QED) is 0.836. The van der Waals surface area contributed by atoms with Crippen LogP contribution in [-0.2, 0) is 9.63 Å². The molecule has 0 aromatic heterocycles. The van der Waals surface area contributed by atoms with Crippen molar-refractivity contribution in [3.05, 3.63) is 29.8 Å². The van der Waals surface area contributed by atoms with Crippen molar-refractivity contribution >= 4 is 11.6 Å². The molecule has 5 nitrogen and oxygen atoms in total. The Morgan fingerprint density at radius 2 is 2.10 bits per heavy atom. The van der Waals surface area contributed by atoms with Crippen LogP contribution in [0.4, 0.5) is 0 Å². The molecule has 1 aliphatic rings. The predicted octanol–water partition coefficient (Wildman–Crippen LogP) is 2.30. The summed E-state index contributed by atoms with van der Waals surface area (Å²) in [4.78, 5) is 19.0. The predicted molar refractivity (Wildman–Crippen MR) is 81.5 cm³/mol. The third-order valence-electron chi connectivity index (χ3n) is 3.50. The highest BCUT2D eigenvalue weighted by molar-refractivity contribution is 6.01. The maximum atomic E-state index is 11.9. The van der Waals surface area contributed by atoms with Crippen LogP contribution in [0.3, 0.4) is 0 Å². The van der Waals surface area contributed by atoms with E-state index in [2.05, 4.69) is 5.16 Å². The Kier molecular flexibility index (Phi) is 4.83. The van der Waals surface area contributed by atoms with Gasteiger partial charge in [0.25, 0.3) is 0 Å². The number of oxime groups is 1. The molecule has 0 saturated carbocycles. The van der Waals surface area contributed by atoms with Crippen molar-refractivity contribution in [1.82, 2.24) is 4.90 Å². The second-order valence-electron chi connectivity index (χ2n) is 5.57. The Bertz CT molecular complexity index is 523. The van der Waals surface area contributed by atoms with Crippen LogP contribution in [0, 0.1) is 5.92 Å². The summed E-state index contributed by atoms with van der Waals surface area (Å²) in [5.74, 6) is 0.937. The minimum Gasteiger partial charge on any atom is -0.497 e. The molecule has 0 N–H and O–H groups in total. The number of methoxy groups -OCH3 is 1. The molecule has 1 amide bonds. The van der Waals surface area contributed by atoms with E-state index in [-0.39, 0.29) is 17.9 Å².